The fourth-order valence-corrected chi connectivity index (χ4v) is 1.32. The van der Waals surface area contributed by atoms with Gasteiger partial charge in [-0.05, 0) is 36.6 Å². The SMILES string of the molecule is CC[C@@H](C)CCOC(=O)c1ccc(C#N)cc1. The second kappa shape index (κ2) is 6.70. The zero-order chi connectivity index (χ0) is 12.7. The molecule has 1 aromatic carbocycles. The lowest BCUT2D eigenvalue weighted by Gasteiger charge is -2.08. The van der Waals surface area contributed by atoms with Crippen molar-refractivity contribution in [1.29, 1.82) is 5.26 Å². The third-order valence-electron chi connectivity index (χ3n) is 2.79. The van der Waals surface area contributed by atoms with Gasteiger partial charge in [0.25, 0.3) is 0 Å². The second-order valence-electron chi connectivity index (χ2n) is 4.13. The van der Waals surface area contributed by atoms with Crippen molar-refractivity contribution in [3.63, 3.8) is 0 Å². The van der Waals surface area contributed by atoms with E-state index in [-0.39, 0.29) is 5.97 Å². The molecular weight excluding hydrogens is 214 g/mol. The number of carbonyl (C=O) groups excluding carboxylic acids is 1. The van der Waals surface area contributed by atoms with Crippen LogP contribution in [-0.2, 0) is 4.74 Å². The van der Waals surface area contributed by atoms with E-state index in [2.05, 4.69) is 13.8 Å². The van der Waals surface area contributed by atoms with Crippen molar-refractivity contribution in [2.75, 3.05) is 6.61 Å². The highest BCUT2D eigenvalue weighted by Crippen LogP contribution is 2.09. The topological polar surface area (TPSA) is 50.1 Å². The summed E-state index contributed by atoms with van der Waals surface area (Å²) in [6, 6.07) is 8.47. The van der Waals surface area contributed by atoms with E-state index < -0.39 is 0 Å². The van der Waals surface area contributed by atoms with E-state index in [0.29, 0.717) is 23.7 Å². The monoisotopic (exact) mass is 231 g/mol. The van der Waals surface area contributed by atoms with Gasteiger partial charge in [0.2, 0.25) is 0 Å². The minimum absolute atomic E-state index is 0.321. The van der Waals surface area contributed by atoms with Crippen LogP contribution < -0.4 is 0 Å². The molecular formula is C14H17NO2. The number of ether oxygens (including phenoxy) is 1. The molecule has 0 heterocycles. The summed E-state index contributed by atoms with van der Waals surface area (Å²) in [4.78, 5) is 11.6. The lowest BCUT2D eigenvalue weighted by molar-refractivity contribution is 0.0485. The minimum atomic E-state index is -0.321. The fourth-order valence-electron chi connectivity index (χ4n) is 1.32. The molecule has 0 bridgehead atoms. The maximum atomic E-state index is 11.6. The van der Waals surface area contributed by atoms with E-state index in [9.17, 15) is 4.79 Å². The van der Waals surface area contributed by atoms with Gasteiger partial charge in [0.05, 0.1) is 23.8 Å². The molecule has 3 nitrogen and oxygen atoms in total. The van der Waals surface area contributed by atoms with E-state index in [1.54, 1.807) is 24.3 Å². The molecule has 0 saturated heterocycles. The predicted molar refractivity (Wildman–Crippen MR) is 65.5 cm³/mol. The summed E-state index contributed by atoms with van der Waals surface area (Å²) in [5.74, 6) is 0.251. The van der Waals surface area contributed by atoms with Crippen LogP contribution in [0.3, 0.4) is 0 Å². The molecule has 90 valence electrons. The van der Waals surface area contributed by atoms with Gasteiger partial charge in [-0.1, -0.05) is 20.3 Å². The van der Waals surface area contributed by atoms with Gasteiger partial charge in [-0.15, -0.1) is 0 Å². The van der Waals surface area contributed by atoms with Crippen LogP contribution in [0, 0.1) is 17.2 Å². The van der Waals surface area contributed by atoms with Crippen LogP contribution in [0.5, 0.6) is 0 Å². The molecule has 0 unspecified atom stereocenters. The highest BCUT2D eigenvalue weighted by molar-refractivity contribution is 5.89. The Morgan fingerprint density at radius 2 is 2.06 bits per heavy atom. The number of hydrogen-bond acceptors (Lipinski definition) is 3. The van der Waals surface area contributed by atoms with E-state index >= 15 is 0 Å². The van der Waals surface area contributed by atoms with Crippen molar-refractivity contribution < 1.29 is 9.53 Å². The molecule has 0 radical (unpaired) electrons. The Hall–Kier alpha value is -1.82. The predicted octanol–water partition coefficient (Wildman–Crippen LogP) is 3.15. The Kier molecular flexibility index (Phi) is 5.22. The van der Waals surface area contributed by atoms with Crippen LogP contribution in [0.15, 0.2) is 24.3 Å². The number of carbonyl (C=O) groups is 1. The van der Waals surface area contributed by atoms with Crippen molar-refractivity contribution in [3.05, 3.63) is 35.4 Å². The van der Waals surface area contributed by atoms with Gasteiger partial charge in [-0.2, -0.15) is 5.26 Å². The van der Waals surface area contributed by atoms with Gasteiger partial charge in [-0.25, -0.2) is 4.79 Å². The molecule has 0 amide bonds. The fraction of sp³-hybridized carbons (Fsp3) is 0.429. The first kappa shape index (κ1) is 13.2. The molecule has 17 heavy (non-hydrogen) atoms. The standard InChI is InChI=1S/C14H17NO2/c1-3-11(2)8-9-17-14(16)13-6-4-12(10-15)5-7-13/h4-7,11H,3,8-9H2,1-2H3/t11-/m1/s1. The largest absolute Gasteiger partial charge is 0.462 e. The van der Waals surface area contributed by atoms with Crippen molar-refractivity contribution in [3.8, 4) is 6.07 Å². The van der Waals surface area contributed by atoms with Gasteiger partial charge in [0.15, 0.2) is 0 Å². The van der Waals surface area contributed by atoms with Crippen LogP contribution in [0.25, 0.3) is 0 Å². The third-order valence-corrected chi connectivity index (χ3v) is 2.79. The molecule has 0 aromatic heterocycles. The molecule has 0 N–H and O–H groups in total. The number of benzene rings is 1. The van der Waals surface area contributed by atoms with Gasteiger partial charge < -0.3 is 4.74 Å². The summed E-state index contributed by atoms with van der Waals surface area (Å²) in [6.07, 6.45) is 1.98. The Balaban J connectivity index is 2.44. The first-order chi connectivity index (χ1) is 8.17. The normalized spacial score (nSPS) is 11.6. The molecule has 0 aliphatic heterocycles. The Labute approximate surface area is 102 Å². The summed E-state index contributed by atoms with van der Waals surface area (Å²) in [5, 5.41) is 8.63. The molecule has 1 aromatic rings. The Bertz CT molecular complexity index is 403. The van der Waals surface area contributed by atoms with E-state index in [0.717, 1.165) is 12.8 Å². The van der Waals surface area contributed by atoms with Crippen LogP contribution in [0.2, 0.25) is 0 Å². The van der Waals surface area contributed by atoms with Crippen molar-refractivity contribution >= 4 is 5.97 Å². The van der Waals surface area contributed by atoms with Crippen molar-refractivity contribution in [2.24, 2.45) is 5.92 Å². The first-order valence-electron chi connectivity index (χ1n) is 5.84. The highest BCUT2D eigenvalue weighted by atomic mass is 16.5. The number of nitrogens with zero attached hydrogens (tertiary/aromatic N) is 1. The van der Waals surface area contributed by atoms with E-state index in [4.69, 9.17) is 10.00 Å². The summed E-state index contributed by atoms with van der Waals surface area (Å²) < 4.78 is 5.15. The summed E-state index contributed by atoms with van der Waals surface area (Å²) in [5.41, 5.74) is 1.04. The average Bonchev–Trinajstić information content (AvgIpc) is 2.38. The summed E-state index contributed by atoms with van der Waals surface area (Å²) >= 11 is 0. The van der Waals surface area contributed by atoms with Crippen molar-refractivity contribution in [2.45, 2.75) is 26.7 Å². The molecule has 3 heteroatoms. The smallest absolute Gasteiger partial charge is 0.338 e. The second-order valence-corrected chi connectivity index (χ2v) is 4.13. The zero-order valence-corrected chi connectivity index (χ0v) is 10.3. The molecule has 0 aliphatic carbocycles. The molecule has 0 fully saturated rings. The number of esters is 1. The molecule has 0 aliphatic rings. The van der Waals surface area contributed by atoms with Crippen LogP contribution in [0.4, 0.5) is 0 Å². The van der Waals surface area contributed by atoms with Crippen LogP contribution in [0.1, 0.15) is 42.6 Å². The van der Waals surface area contributed by atoms with Crippen LogP contribution >= 0.6 is 0 Å². The molecule has 1 atom stereocenters. The molecule has 0 saturated carbocycles. The van der Waals surface area contributed by atoms with Crippen molar-refractivity contribution in [1.82, 2.24) is 0 Å². The van der Waals surface area contributed by atoms with E-state index in [1.165, 1.54) is 0 Å². The molecule has 1 rings (SSSR count). The van der Waals surface area contributed by atoms with Gasteiger partial charge in [0, 0.05) is 0 Å². The average molecular weight is 231 g/mol. The lowest BCUT2D eigenvalue weighted by Crippen LogP contribution is -2.08. The maximum absolute atomic E-state index is 11.6. The highest BCUT2D eigenvalue weighted by Gasteiger charge is 2.07. The Morgan fingerprint density at radius 3 is 2.59 bits per heavy atom. The summed E-state index contributed by atoms with van der Waals surface area (Å²) in [7, 11) is 0. The minimum Gasteiger partial charge on any atom is -0.462 e. The number of hydrogen-bond donors (Lipinski definition) is 0. The Morgan fingerprint density at radius 1 is 1.41 bits per heavy atom. The van der Waals surface area contributed by atoms with Crippen LogP contribution in [-0.4, -0.2) is 12.6 Å². The van der Waals surface area contributed by atoms with E-state index in [1.807, 2.05) is 6.07 Å². The van der Waals surface area contributed by atoms with Gasteiger partial charge in [-0.3, -0.25) is 0 Å². The lowest BCUT2D eigenvalue weighted by atomic mass is 10.1. The van der Waals surface area contributed by atoms with Gasteiger partial charge in [0.1, 0.15) is 0 Å². The number of nitriles is 1. The quantitative estimate of drug-likeness (QED) is 0.731. The zero-order valence-electron chi connectivity index (χ0n) is 10.3. The first-order valence-corrected chi connectivity index (χ1v) is 5.84. The third kappa shape index (κ3) is 4.28. The number of rotatable bonds is 5. The maximum Gasteiger partial charge on any atom is 0.338 e. The molecule has 0 spiro atoms. The summed E-state index contributed by atoms with van der Waals surface area (Å²) in [6.45, 7) is 4.70. The van der Waals surface area contributed by atoms with Gasteiger partial charge >= 0.3 is 5.97 Å².